The zero-order chi connectivity index (χ0) is 10.2. The van der Waals surface area contributed by atoms with Gasteiger partial charge in [-0.2, -0.15) is 0 Å². The average molecular weight is 192 g/mol. The molecule has 0 fully saturated rings. The number of carbonyl (C=O) groups is 1. The molecule has 14 heavy (non-hydrogen) atoms. The van der Waals surface area contributed by atoms with E-state index in [1.54, 1.807) is 6.08 Å². The van der Waals surface area contributed by atoms with Crippen molar-refractivity contribution in [2.75, 3.05) is 6.61 Å². The SMILES string of the molecule is O=C(O)OC/C=C/Cc1ccccc1. The molecule has 0 unspecified atom stereocenters. The topological polar surface area (TPSA) is 46.5 Å². The van der Waals surface area contributed by atoms with Crippen LogP contribution in [-0.2, 0) is 11.2 Å². The standard InChI is InChI=1S/C11H12O3/c12-11(13)14-9-5-4-8-10-6-2-1-3-7-10/h1-7H,8-9H2,(H,12,13)/b5-4+. The minimum Gasteiger partial charge on any atom is -0.450 e. The van der Waals surface area contributed by atoms with E-state index in [1.165, 1.54) is 5.56 Å². The summed E-state index contributed by atoms with van der Waals surface area (Å²) in [6.07, 6.45) is 3.14. The third-order valence-electron chi connectivity index (χ3n) is 1.67. The minimum absolute atomic E-state index is 0.113. The smallest absolute Gasteiger partial charge is 0.450 e. The van der Waals surface area contributed by atoms with Crippen LogP contribution in [0.25, 0.3) is 0 Å². The summed E-state index contributed by atoms with van der Waals surface area (Å²) in [4.78, 5) is 9.98. The van der Waals surface area contributed by atoms with Gasteiger partial charge in [-0.1, -0.05) is 42.5 Å². The summed E-state index contributed by atoms with van der Waals surface area (Å²) in [5.74, 6) is 0. The van der Waals surface area contributed by atoms with Gasteiger partial charge in [0, 0.05) is 0 Å². The van der Waals surface area contributed by atoms with Gasteiger partial charge in [-0.3, -0.25) is 0 Å². The van der Waals surface area contributed by atoms with Gasteiger partial charge < -0.3 is 9.84 Å². The Kier molecular flexibility index (Phi) is 4.27. The zero-order valence-corrected chi connectivity index (χ0v) is 7.72. The number of rotatable bonds is 4. The highest BCUT2D eigenvalue weighted by Gasteiger charge is 1.90. The van der Waals surface area contributed by atoms with Crippen LogP contribution in [0.1, 0.15) is 5.56 Å². The van der Waals surface area contributed by atoms with E-state index in [4.69, 9.17) is 5.11 Å². The van der Waals surface area contributed by atoms with Gasteiger partial charge in [0.2, 0.25) is 0 Å². The number of allylic oxidation sites excluding steroid dienone is 1. The second-order valence-corrected chi connectivity index (χ2v) is 2.74. The fraction of sp³-hybridized carbons (Fsp3) is 0.182. The maximum absolute atomic E-state index is 9.98. The molecule has 1 aromatic carbocycles. The van der Waals surface area contributed by atoms with Crippen LogP contribution >= 0.6 is 0 Å². The quantitative estimate of drug-likeness (QED) is 0.588. The Hall–Kier alpha value is -1.77. The van der Waals surface area contributed by atoms with Crippen molar-refractivity contribution in [1.82, 2.24) is 0 Å². The van der Waals surface area contributed by atoms with Crippen LogP contribution in [0.15, 0.2) is 42.5 Å². The van der Waals surface area contributed by atoms with E-state index in [2.05, 4.69) is 4.74 Å². The molecule has 0 spiro atoms. The largest absolute Gasteiger partial charge is 0.506 e. The first-order valence-electron chi connectivity index (χ1n) is 4.33. The summed E-state index contributed by atoms with van der Waals surface area (Å²) in [6.45, 7) is 0.113. The molecule has 0 aromatic heterocycles. The molecule has 0 amide bonds. The lowest BCUT2D eigenvalue weighted by atomic mass is 10.1. The lowest BCUT2D eigenvalue weighted by Crippen LogP contribution is -1.98. The lowest BCUT2D eigenvalue weighted by Gasteiger charge is -1.95. The van der Waals surface area contributed by atoms with Gasteiger partial charge in [0.05, 0.1) is 0 Å². The van der Waals surface area contributed by atoms with Crippen molar-refractivity contribution in [2.24, 2.45) is 0 Å². The summed E-state index contributed by atoms with van der Waals surface area (Å²) < 4.78 is 4.31. The third kappa shape index (κ3) is 4.30. The highest BCUT2D eigenvalue weighted by Crippen LogP contribution is 1.99. The van der Waals surface area contributed by atoms with E-state index in [9.17, 15) is 4.79 Å². The van der Waals surface area contributed by atoms with E-state index in [0.717, 1.165) is 6.42 Å². The van der Waals surface area contributed by atoms with E-state index in [1.807, 2.05) is 36.4 Å². The molecule has 0 atom stereocenters. The first-order valence-corrected chi connectivity index (χ1v) is 4.33. The third-order valence-corrected chi connectivity index (χ3v) is 1.67. The second-order valence-electron chi connectivity index (χ2n) is 2.74. The van der Waals surface area contributed by atoms with Gasteiger partial charge in [0.25, 0.3) is 0 Å². The number of ether oxygens (including phenoxy) is 1. The zero-order valence-electron chi connectivity index (χ0n) is 7.72. The van der Waals surface area contributed by atoms with Crippen molar-refractivity contribution in [1.29, 1.82) is 0 Å². The van der Waals surface area contributed by atoms with E-state index in [-0.39, 0.29) is 6.61 Å². The number of carboxylic acid groups (broad SMARTS) is 1. The maximum Gasteiger partial charge on any atom is 0.506 e. The Labute approximate surface area is 82.6 Å². The van der Waals surface area contributed by atoms with Crippen LogP contribution in [0.5, 0.6) is 0 Å². The first-order chi connectivity index (χ1) is 6.79. The summed E-state index contributed by atoms with van der Waals surface area (Å²) in [5.41, 5.74) is 1.19. The normalized spacial score (nSPS) is 10.3. The molecule has 0 radical (unpaired) electrons. The number of benzene rings is 1. The van der Waals surface area contributed by atoms with Gasteiger partial charge in [-0.05, 0) is 12.0 Å². The molecule has 1 aromatic rings. The van der Waals surface area contributed by atoms with Gasteiger partial charge in [0.1, 0.15) is 6.61 Å². The molecule has 1 rings (SSSR count). The Morgan fingerprint density at radius 2 is 2.00 bits per heavy atom. The molecular weight excluding hydrogens is 180 g/mol. The summed E-state index contributed by atoms with van der Waals surface area (Å²) in [5, 5.41) is 8.17. The molecule has 0 heterocycles. The summed E-state index contributed by atoms with van der Waals surface area (Å²) >= 11 is 0. The van der Waals surface area contributed by atoms with Gasteiger partial charge >= 0.3 is 6.16 Å². The molecule has 3 heteroatoms. The Morgan fingerprint density at radius 3 is 2.64 bits per heavy atom. The van der Waals surface area contributed by atoms with Gasteiger partial charge in [0.15, 0.2) is 0 Å². The van der Waals surface area contributed by atoms with Crippen LogP contribution in [0.4, 0.5) is 4.79 Å². The number of hydrogen-bond donors (Lipinski definition) is 1. The van der Waals surface area contributed by atoms with Crippen molar-refractivity contribution < 1.29 is 14.6 Å². The van der Waals surface area contributed by atoms with E-state index in [0.29, 0.717) is 0 Å². The second kappa shape index (κ2) is 5.80. The fourth-order valence-corrected chi connectivity index (χ4v) is 1.02. The van der Waals surface area contributed by atoms with Gasteiger partial charge in [-0.15, -0.1) is 0 Å². The van der Waals surface area contributed by atoms with Gasteiger partial charge in [-0.25, -0.2) is 4.79 Å². The first kappa shape index (κ1) is 10.3. The average Bonchev–Trinajstić information content (AvgIpc) is 2.18. The minimum atomic E-state index is -1.24. The molecule has 74 valence electrons. The molecule has 0 aliphatic carbocycles. The number of hydrogen-bond acceptors (Lipinski definition) is 2. The molecule has 3 nitrogen and oxygen atoms in total. The summed E-state index contributed by atoms with van der Waals surface area (Å²) in [7, 11) is 0. The van der Waals surface area contributed by atoms with Crippen molar-refractivity contribution >= 4 is 6.16 Å². The molecule has 0 saturated carbocycles. The predicted octanol–water partition coefficient (Wildman–Crippen LogP) is 2.48. The monoisotopic (exact) mass is 192 g/mol. The van der Waals surface area contributed by atoms with Crippen LogP contribution in [0, 0.1) is 0 Å². The summed E-state index contributed by atoms with van der Waals surface area (Å²) in [6, 6.07) is 9.93. The Morgan fingerprint density at radius 1 is 1.29 bits per heavy atom. The maximum atomic E-state index is 9.98. The molecular formula is C11H12O3. The van der Waals surface area contributed by atoms with Crippen LogP contribution in [0.3, 0.4) is 0 Å². The van der Waals surface area contributed by atoms with Crippen molar-refractivity contribution in [3.8, 4) is 0 Å². The molecule has 0 bridgehead atoms. The van der Waals surface area contributed by atoms with Crippen molar-refractivity contribution in [2.45, 2.75) is 6.42 Å². The van der Waals surface area contributed by atoms with Crippen LogP contribution in [0.2, 0.25) is 0 Å². The van der Waals surface area contributed by atoms with Crippen molar-refractivity contribution in [3.05, 3.63) is 48.0 Å². The molecule has 0 aliphatic heterocycles. The highest BCUT2D eigenvalue weighted by molar-refractivity contribution is 5.56. The van der Waals surface area contributed by atoms with Crippen LogP contribution < -0.4 is 0 Å². The predicted molar refractivity (Wildman–Crippen MR) is 53.3 cm³/mol. The van der Waals surface area contributed by atoms with E-state index >= 15 is 0 Å². The molecule has 1 N–H and O–H groups in total. The Bertz CT molecular complexity index is 304. The van der Waals surface area contributed by atoms with Crippen molar-refractivity contribution in [3.63, 3.8) is 0 Å². The molecule has 0 saturated heterocycles. The lowest BCUT2D eigenvalue weighted by molar-refractivity contribution is 0.102. The van der Waals surface area contributed by atoms with E-state index < -0.39 is 6.16 Å². The molecule has 0 aliphatic rings. The van der Waals surface area contributed by atoms with Crippen LogP contribution in [-0.4, -0.2) is 17.9 Å². The highest BCUT2D eigenvalue weighted by atomic mass is 16.7. The fourth-order valence-electron chi connectivity index (χ4n) is 1.02. The Balaban J connectivity index is 2.24.